The maximum Gasteiger partial charge on any atom is 0.407 e. The van der Waals surface area contributed by atoms with Gasteiger partial charge >= 0.3 is 13.7 Å². The van der Waals surface area contributed by atoms with Gasteiger partial charge in [-0.25, -0.2) is 13.2 Å². The van der Waals surface area contributed by atoms with Crippen molar-refractivity contribution in [3.8, 4) is 11.5 Å². The van der Waals surface area contributed by atoms with E-state index in [1.165, 1.54) is 0 Å². The molecule has 2 aliphatic heterocycles. The molecule has 286 valence electrons. The molecule has 5 atom stereocenters. The summed E-state index contributed by atoms with van der Waals surface area (Å²) in [6.07, 6.45) is -1.14. The fraction of sp³-hybridized carbons (Fsp3) is 0.629. The SMILES string of the molecule is CCOP(=O)(COc1ccc(C[C@H](OC(=O)NC2COC3OCCC23)[C@@H](O)CS(=O)(=O)Nc2ccc(OC)cc2CC(CC)CC)cc1)OCC. The van der Waals surface area contributed by atoms with E-state index < -0.39 is 48.0 Å². The quantitative estimate of drug-likeness (QED) is 0.137. The summed E-state index contributed by atoms with van der Waals surface area (Å²) >= 11 is 0. The van der Waals surface area contributed by atoms with Crippen LogP contribution in [0.5, 0.6) is 11.5 Å². The minimum absolute atomic E-state index is 0.0143. The summed E-state index contributed by atoms with van der Waals surface area (Å²) < 4.78 is 81.0. The standard InChI is InChI=1S/C35H53N2O12PS/c1-6-24(7-2)18-26-20-28(43-5)14-15-30(26)37-51(41,42)22-32(38)33(49-35(39)36-31-21-45-34-29(31)16-17-44-34)19-25-10-12-27(13-11-25)46-23-50(40,47-8-3)48-9-4/h10-15,20,24,29,31-34,37-38H,6-9,16-19,21-23H2,1-5H3,(H,36,39)/t29?,31?,32-,33-,34?/m0/s1. The van der Waals surface area contributed by atoms with Gasteiger partial charge in [-0.3, -0.25) is 9.29 Å². The number of carbonyl (C=O) groups is 1. The van der Waals surface area contributed by atoms with Crippen LogP contribution in [0.3, 0.4) is 0 Å². The Balaban J connectivity index is 1.49. The number of hydrogen-bond acceptors (Lipinski definition) is 12. The number of methoxy groups -OCH3 is 1. The number of benzene rings is 2. The number of carbonyl (C=O) groups excluding carboxylic acids is 1. The molecule has 0 saturated carbocycles. The van der Waals surface area contributed by atoms with E-state index in [0.29, 0.717) is 41.7 Å². The molecule has 2 aromatic carbocycles. The Kier molecular flexibility index (Phi) is 15.4. The van der Waals surface area contributed by atoms with E-state index in [0.717, 1.165) is 24.8 Å². The Labute approximate surface area is 301 Å². The van der Waals surface area contributed by atoms with Crippen LogP contribution in [0.2, 0.25) is 0 Å². The van der Waals surface area contributed by atoms with E-state index in [1.54, 1.807) is 57.4 Å². The Hall–Kier alpha value is -2.91. The van der Waals surface area contributed by atoms with Gasteiger partial charge in [-0.1, -0.05) is 38.8 Å². The molecule has 0 bridgehead atoms. The molecular formula is C35H53N2O12PS. The second-order valence-electron chi connectivity index (χ2n) is 12.6. The highest BCUT2D eigenvalue weighted by Gasteiger charge is 2.43. The van der Waals surface area contributed by atoms with Crippen molar-refractivity contribution in [2.45, 2.75) is 84.3 Å². The van der Waals surface area contributed by atoms with Crippen molar-refractivity contribution < 1.29 is 55.6 Å². The molecule has 2 saturated heterocycles. The van der Waals surface area contributed by atoms with E-state index in [4.69, 9.17) is 32.7 Å². The molecule has 3 unspecified atom stereocenters. The Morgan fingerprint density at radius 2 is 1.69 bits per heavy atom. The summed E-state index contributed by atoms with van der Waals surface area (Å²) in [5.74, 6) is 0.569. The molecule has 4 rings (SSSR count). The lowest BCUT2D eigenvalue weighted by Crippen LogP contribution is -2.45. The van der Waals surface area contributed by atoms with Gasteiger partial charge in [-0.15, -0.1) is 0 Å². The highest BCUT2D eigenvalue weighted by molar-refractivity contribution is 7.92. The molecule has 0 aromatic heterocycles. The van der Waals surface area contributed by atoms with E-state index >= 15 is 0 Å². The first-order valence-corrected chi connectivity index (χ1v) is 20.9. The highest BCUT2D eigenvalue weighted by Crippen LogP contribution is 2.48. The predicted molar refractivity (Wildman–Crippen MR) is 192 cm³/mol. The van der Waals surface area contributed by atoms with E-state index in [9.17, 15) is 22.9 Å². The summed E-state index contributed by atoms with van der Waals surface area (Å²) in [6, 6.07) is 11.4. The van der Waals surface area contributed by atoms with Gasteiger partial charge in [0.15, 0.2) is 12.6 Å². The molecule has 0 radical (unpaired) electrons. The number of hydrogen-bond donors (Lipinski definition) is 3. The van der Waals surface area contributed by atoms with Crippen molar-refractivity contribution in [3.05, 3.63) is 53.6 Å². The van der Waals surface area contributed by atoms with E-state index in [-0.39, 0.29) is 44.5 Å². The van der Waals surface area contributed by atoms with Gasteiger partial charge in [0.1, 0.15) is 23.7 Å². The largest absolute Gasteiger partial charge is 0.497 e. The molecule has 0 aliphatic carbocycles. The molecule has 0 spiro atoms. The molecule has 2 aliphatic rings. The summed E-state index contributed by atoms with van der Waals surface area (Å²) in [5.41, 5.74) is 1.80. The average molecular weight is 757 g/mol. The van der Waals surface area contributed by atoms with Crippen LogP contribution in [0.1, 0.15) is 58.1 Å². The maximum atomic E-state index is 13.5. The van der Waals surface area contributed by atoms with Gasteiger partial charge in [-0.05, 0) is 74.1 Å². The van der Waals surface area contributed by atoms with Crippen molar-refractivity contribution in [1.82, 2.24) is 5.32 Å². The first-order valence-electron chi connectivity index (χ1n) is 17.6. The normalized spacial score (nSPS) is 20.1. The lowest BCUT2D eigenvalue weighted by atomic mass is 9.93. The fourth-order valence-corrected chi connectivity index (χ4v) is 8.80. The maximum absolute atomic E-state index is 13.5. The highest BCUT2D eigenvalue weighted by atomic mass is 32.2. The van der Waals surface area contributed by atoms with Crippen LogP contribution in [0, 0.1) is 11.8 Å². The predicted octanol–water partition coefficient (Wildman–Crippen LogP) is 5.48. The molecule has 16 heteroatoms. The number of ether oxygens (including phenoxy) is 5. The number of rotatable bonds is 21. The number of aliphatic hydroxyl groups excluding tert-OH is 1. The minimum atomic E-state index is -4.13. The molecule has 2 aromatic rings. The van der Waals surface area contributed by atoms with Crippen LogP contribution in [0.15, 0.2) is 42.5 Å². The fourth-order valence-electron chi connectivity index (χ4n) is 6.20. The number of amides is 1. The van der Waals surface area contributed by atoms with Crippen molar-refractivity contribution in [2.24, 2.45) is 11.8 Å². The third-order valence-electron chi connectivity index (χ3n) is 9.06. The molecule has 2 heterocycles. The lowest BCUT2D eigenvalue weighted by Gasteiger charge is -2.25. The average Bonchev–Trinajstić information content (AvgIpc) is 3.72. The van der Waals surface area contributed by atoms with Gasteiger partial charge in [0, 0.05) is 12.3 Å². The van der Waals surface area contributed by atoms with Gasteiger partial charge in [0.05, 0.1) is 51.0 Å². The van der Waals surface area contributed by atoms with Gasteiger partial charge in [0.2, 0.25) is 10.0 Å². The van der Waals surface area contributed by atoms with Crippen LogP contribution in [-0.4, -0.2) is 89.8 Å². The van der Waals surface area contributed by atoms with Crippen LogP contribution >= 0.6 is 7.60 Å². The second kappa shape index (κ2) is 19.2. The van der Waals surface area contributed by atoms with Crippen molar-refractivity contribution in [3.63, 3.8) is 0 Å². The number of anilines is 1. The first-order chi connectivity index (χ1) is 24.4. The lowest BCUT2D eigenvalue weighted by molar-refractivity contribution is -0.0905. The number of sulfonamides is 1. The number of alkyl carbamates (subject to hydrolysis) is 1. The summed E-state index contributed by atoms with van der Waals surface area (Å²) in [7, 11) is -6.01. The summed E-state index contributed by atoms with van der Waals surface area (Å²) in [5, 5.41) is 14.2. The van der Waals surface area contributed by atoms with Crippen LogP contribution < -0.4 is 19.5 Å². The van der Waals surface area contributed by atoms with E-state index in [1.807, 2.05) is 6.07 Å². The number of nitrogens with one attached hydrogen (secondary N) is 2. The molecule has 2 fully saturated rings. The third kappa shape index (κ3) is 12.1. The third-order valence-corrected chi connectivity index (χ3v) is 12.1. The minimum Gasteiger partial charge on any atom is -0.497 e. The zero-order chi connectivity index (χ0) is 37.0. The second-order valence-corrected chi connectivity index (χ2v) is 16.4. The zero-order valence-electron chi connectivity index (χ0n) is 30.1. The number of aliphatic hydroxyl groups is 1. The molecule has 51 heavy (non-hydrogen) atoms. The smallest absolute Gasteiger partial charge is 0.407 e. The number of fused-ring (bicyclic) bond motifs is 1. The van der Waals surface area contributed by atoms with Crippen molar-refractivity contribution in [2.75, 3.05) is 50.4 Å². The van der Waals surface area contributed by atoms with Crippen LogP contribution in [-0.2, 0) is 50.7 Å². The zero-order valence-corrected chi connectivity index (χ0v) is 31.8. The molecular weight excluding hydrogens is 703 g/mol. The molecule has 14 nitrogen and oxygen atoms in total. The molecule has 1 amide bonds. The first kappa shape index (κ1) is 40.9. The van der Waals surface area contributed by atoms with Gasteiger partial charge in [0.25, 0.3) is 0 Å². The Morgan fingerprint density at radius 3 is 2.33 bits per heavy atom. The topological polar surface area (TPSA) is 177 Å². The Morgan fingerprint density at radius 1 is 1.00 bits per heavy atom. The summed E-state index contributed by atoms with van der Waals surface area (Å²) in [6.45, 7) is 8.77. The van der Waals surface area contributed by atoms with Crippen LogP contribution in [0.4, 0.5) is 10.5 Å². The van der Waals surface area contributed by atoms with Gasteiger partial charge in [-0.2, -0.15) is 0 Å². The van der Waals surface area contributed by atoms with Crippen molar-refractivity contribution in [1.29, 1.82) is 0 Å². The summed E-state index contributed by atoms with van der Waals surface area (Å²) in [4.78, 5) is 13.2. The van der Waals surface area contributed by atoms with Crippen LogP contribution in [0.25, 0.3) is 0 Å². The monoisotopic (exact) mass is 756 g/mol. The van der Waals surface area contributed by atoms with E-state index in [2.05, 4.69) is 23.9 Å². The van der Waals surface area contributed by atoms with Gasteiger partial charge < -0.3 is 43.2 Å². The molecule has 3 N–H and O–H groups in total. The van der Waals surface area contributed by atoms with Crippen molar-refractivity contribution >= 4 is 29.4 Å². The Bertz CT molecular complexity index is 1550.